The summed E-state index contributed by atoms with van der Waals surface area (Å²) in [5.74, 6) is 2.01. The second-order valence-corrected chi connectivity index (χ2v) is 7.64. The van der Waals surface area contributed by atoms with Crippen LogP contribution in [0.2, 0.25) is 5.02 Å². The number of fused-ring (bicyclic) bond motifs is 1. The second kappa shape index (κ2) is 7.61. The third-order valence-electron chi connectivity index (χ3n) is 5.53. The Morgan fingerprint density at radius 1 is 0.960 bits per heavy atom. The molecule has 1 saturated carbocycles. The van der Waals surface area contributed by atoms with Crippen molar-refractivity contribution < 1.29 is 0 Å². The van der Waals surface area contributed by atoms with Crippen LogP contribution in [0, 0.1) is 5.92 Å². The molecule has 0 aliphatic heterocycles. The van der Waals surface area contributed by atoms with E-state index in [9.17, 15) is 0 Å². The van der Waals surface area contributed by atoms with Crippen molar-refractivity contribution in [3.05, 3.63) is 64.9 Å². The first-order chi connectivity index (χ1) is 12.3. The highest BCUT2D eigenvalue weighted by Crippen LogP contribution is 2.28. The number of hydrogen-bond donors (Lipinski definition) is 0. The highest BCUT2D eigenvalue weighted by atomic mass is 35.5. The van der Waals surface area contributed by atoms with Gasteiger partial charge in [-0.25, -0.2) is 4.98 Å². The number of hydrogen-bond acceptors (Lipinski definition) is 1. The first-order valence-electron chi connectivity index (χ1n) is 9.49. The molecule has 0 saturated heterocycles. The van der Waals surface area contributed by atoms with E-state index < -0.39 is 0 Å². The van der Waals surface area contributed by atoms with E-state index in [1.807, 2.05) is 12.1 Å². The summed E-state index contributed by atoms with van der Waals surface area (Å²) in [5, 5.41) is 0.827. The Balaban J connectivity index is 1.62. The molecule has 0 amide bonds. The Morgan fingerprint density at radius 2 is 1.72 bits per heavy atom. The van der Waals surface area contributed by atoms with Gasteiger partial charge in [0.05, 0.1) is 11.0 Å². The van der Waals surface area contributed by atoms with E-state index in [2.05, 4.69) is 41.0 Å². The number of rotatable bonds is 5. The quantitative estimate of drug-likeness (QED) is 0.530. The molecule has 4 rings (SSSR count). The standard InChI is InChI=1S/C22H25ClN2/c23-19-11-5-4-10-18(19)16-22-24-20-12-6-7-13-21(20)25(22)15-14-17-8-2-1-3-9-17/h4-7,10-13,17H,1-3,8-9,14-16H2. The summed E-state index contributed by atoms with van der Waals surface area (Å²) in [6.45, 7) is 1.06. The summed E-state index contributed by atoms with van der Waals surface area (Å²) in [4.78, 5) is 4.92. The van der Waals surface area contributed by atoms with Gasteiger partial charge in [0.15, 0.2) is 0 Å². The lowest BCUT2D eigenvalue weighted by atomic mass is 9.87. The van der Waals surface area contributed by atoms with Gasteiger partial charge in [-0.1, -0.05) is 74.0 Å². The Kier molecular flexibility index (Phi) is 5.07. The number of imidazole rings is 1. The maximum absolute atomic E-state index is 6.39. The van der Waals surface area contributed by atoms with Crippen LogP contribution >= 0.6 is 11.6 Å². The molecule has 1 fully saturated rings. The fraction of sp³-hybridized carbons (Fsp3) is 0.409. The molecule has 0 atom stereocenters. The first-order valence-corrected chi connectivity index (χ1v) is 9.86. The van der Waals surface area contributed by atoms with Gasteiger partial charge in [-0.2, -0.15) is 0 Å². The summed E-state index contributed by atoms with van der Waals surface area (Å²) in [6.07, 6.45) is 9.07. The zero-order chi connectivity index (χ0) is 17.1. The van der Waals surface area contributed by atoms with E-state index in [-0.39, 0.29) is 0 Å². The van der Waals surface area contributed by atoms with Crippen LogP contribution in [0.4, 0.5) is 0 Å². The van der Waals surface area contributed by atoms with Crippen LogP contribution in [-0.2, 0) is 13.0 Å². The third kappa shape index (κ3) is 3.74. The lowest BCUT2D eigenvalue weighted by molar-refractivity contribution is 0.324. The summed E-state index contributed by atoms with van der Waals surface area (Å²) in [7, 11) is 0. The van der Waals surface area contributed by atoms with Crippen molar-refractivity contribution >= 4 is 22.6 Å². The monoisotopic (exact) mass is 352 g/mol. The molecule has 1 aromatic heterocycles. The van der Waals surface area contributed by atoms with Crippen molar-refractivity contribution in [2.75, 3.05) is 0 Å². The molecule has 2 nitrogen and oxygen atoms in total. The zero-order valence-corrected chi connectivity index (χ0v) is 15.4. The third-order valence-corrected chi connectivity index (χ3v) is 5.89. The van der Waals surface area contributed by atoms with E-state index >= 15 is 0 Å². The van der Waals surface area contributed by atoms with Gasteiger partial charge in [-0.05, 0) is 36.1 Å². The molecule has 130 valence electrons. The van der Waals surface area contributed by atoms with Gasteiger partial charge in [0.1, 0.15) is 5.82 Å². The fourth-order valence-corrected chi connectivity index (χ4v) is 4.31. The molecule has 1 aliphatic carbocycles. The van der Waals surface area contributed by atoms with Crippen molar-refractivity contribution in [1.29, 1.82) is 0 Å². The summed E-state index contributed by atoms with van der Waals surface area (Å²) in [6, 6.07) is 16.6. The molecule has 1 aliphatic rings. The van der Waals surface area contributed by atoms with Gasteiger partial charge in [0, 0.05) is 18.0 Å². The molecule has 3 aromatic rings. The molecule has 0 N–H and O–H groups in total. The van der Waals surface area contributed by atoms with Crippen LogP contribution in [0.5, 0.6) is 0 Å². The Hall–Kier alpha value is -1.80. The maximum Gasteiger partial charge on any atom is 0.114 e. The topological polar surface area (TPSA) is 17.8 Å². The van der Waals surface area contributed by atoms with Crippen LogP contribution in [0.3, 0.4) is 0 Å². The molecule has 0 unspecified atom stereocenters. The van der Waals surface area contributed by atoms with E-state index in [4.69, 9.17) is 16.6 Å². The zero-order valence-electron chi connectivity index (χ0n) is 14.6. The van der Waals surface area contributed by atoms with Crippen molar-refractivity contribution in [1.82, 2.24) is 9.55 Å². The molecular weight excluding hydrogens is 328 g/mol. The Bertz CT molecular complexity index is 846. The highest BCUT2D eigenvalue weighted by Gasteiger charge is 2.16. The summed E-state index contributed by atoms with van der Waals surface area (Å²) in [5.41, 5.74) is 3.49. The molecular formula is C22H25ClN2. The van der Waals surface area contributed by atoms with Gasteiger partial charge < -0.3 is 4.57 Å². The minimum absolute atomic E-state index is 0.791. The van der Waals surface area contributed by atoms with E-state index in [1.165, 1.54) is 44.0 Å². The van der Waals surface area contributed by atoms with Gasteiger partial charge >= 0.3 is 0 Å². The number of para-hydroxylation sites is 2. The van der Waals surface area contributed by atoms with Crippen molar-refractivity contribution in [2.24, 2.45) is 5.92 Å². The molecule has 0 spiro atoms. The number of benzene rings is 2. The van der Waals surface area contributed by atoms with Crippen LogP contribution in [0.1, 0.15) is 49.9 Å². The lowest BCUT2D eigenvalue weighted by Crippen LogP contribution is -2.12. The van der Waals surface area contributed by atoms with E-state index in [0.29, 0.717) is 0 Å². The lowest BCUT2D eigenvalue weighted by Gasteiger charge is -2.22. The van der Waals surface area contributed by atoms with Gasteiger partial charge in [-0.15, -0.1) is 0 Å². The van der Waals surface area contributed by atoms with Gasteiger partial charge in [-0.3, -0.25) is 0 Å². The molecule has 2 aromatic carbocycles. The fourth-order valence-electron chi connectivity index (χ4n) is 4.11. The molecule has 0 bridgehead atoms. The average Bonchev–Trinajstić information content (AvgIpc) is 3.00. The van der Waals surface area contributed by atoms with Crippen molar-refractivity contribution in [2.45, 2.75) is 51.5 Å². The molecule has 1 heterocycles. The van der Waals surface area contributed by atoms with Crippen LogP contribution in [-0.4, -0.2) is 9.55 Å². The Labute approximate surface area is 154 Å². The number of aryl methyl sites for hydroxylation is 1. The van der Waals surface area contributed by atoms with Gasteiger partial charge in [0.25, 0.3) is 0 Å². The Morgan fingerprint density at radius 3 is 2.56 bits per heavy atom. The van der Waals surface area contributed by atoms with Crippen molar-refractivity contribution in [3.63, 3.8) is 0 Å². The van der Waals surface area contributed by atoms with Crippen LogP contribution in [0.25, 0.3) is 11.0 Å². The largest absolute Gasteiger partial charge is 0.328 e. The number of aromatic nitrogens is 2. The highest BCUT2D eigenvalue weighted by molar-refractivity contribution is 6.31. The second-order valence-electron chi connectivity index (χ2n) is 7.23. The van der Waals surface area contributed by atoms with Crippen LogP contribution < -0.4 is 0 Å². The average molecular weight is 353 g/mol. The maximum atomic E-state index is 6.39. The number of nitrogens with zero attached hydrogens (tertiary/aromatic N) is 2. The van der Waals surface area contributed by atoms with Crippen LogP contribution in [0.15, 0.2) is 48.5 Å². The van der Waals surface area contributed by atoms with Gasteiger partial charge in [0.2, 0.25) is 0 Å². The number of halogens is 1. The normalized spacial score (nSPS) is 15.7. The van der Waals surface area contributed by atoms with E-state index in [1.54, 1.807) is 0 Å². The smallest absolute Gasteiger partial charge is 0.114 e. The molecule has 3 heteroatoms. The molecule has 0 radical (unpaired) electrons. The van der Waals surface area contributed by atoms with E-state index in [0.717, 1.165) is 40.8 Å². The minimum atomic E-state index is 0.791. The SMILES string of the molecule is Clc1ccccc1Cc1nc2ccccc2n1CCC1CCCCC1. The van der Waals surface area contributed by atoms with Crippen molar-refractivity contribution in [3.8, 4) is 0 Å². The summed E-state index contributed by atoms with van der Waals surface area (Å²) >= 11 is 6.39. The molecule has 25 heavy (non-hydrogen) atoms. The first kappa shape index (κ1) is 16.7. The minimum Gasteiger partial charge on any atom is -0.328 e. The predicted molar refractivity (Wildman–Crippen MR) is 105 cm³/mol. The summed E-state index contributed by atoms with van der Waals surface area (Å²) < 4.78 is 2.42. The predicted octanol–water partition coefficient (Wildman–Crippen LogP) is 6.25.